The predicted octanol–water partition coefficient (Wildman–Crippen LogP) is 6.87. The molecule has 1 aliphatic carbocycles. The zero-order chi connectivity index (χ0) is 32.9. The molecule has 4 aromatic carbocycles. The summed E-state index contributed by atoms with van der Waals surface area (Å²) in [7, 11) is 0. The van der Waals surface area contributed by atoms with Gasteiger partial charge in [0.2, 0.25) is 0 Å². The molecule has 2 amide bonds. The van der Waals surface area contributed by atoms with Crippen LogP contribution in [0.2, 0.25) is 0 Å². The van der Waals surface area contributed by atoms with Crippen LogP contribution >= 0.6 is 15.9 Å². The standard InChI is InChI=1S/C37H38BrF2N3O4/c38-27-11-8-22-16-26(10-7-23(22)17-27)37(39,40)34(36(46)43-29-12-13-30(43)20-28(41)19-29)42-35(45)33(44)25-6-5-24-18-32(14-9-21(24)15-25)47-31-3-1-2-4-31/h5-11,14-18,28-31,33-34,44H,1-4,12-13,19-20,41H2,(H,42,45). The summed E-state index contributed by atoms with van der Waals surface area (Å²) in [5.74, 6) is -4.97. The van der Waals surface area contributed by atoms with Crippen molar-refractivity contribution < 1.29 is 28.2 Å². The van der Waals surface area contributed by atoms with Gasteiger partial charge in [-0.05, 0) is 115 Å². The number of nitrogens with one attached hydrogen (secondary N) is 1. The summed E-state index contributed by atoms with van der Waals surface area (Å²) in [6, 6.07) is 17.3. The Labute approximate surface area is 280 Å². The Hall–Kier alpha value is -3.60. The molecule has 4 N–H and O–H groups in total. The van der Waals surface area contributed by atoms with Gasteiger partial charge in [-0.3, -0.25) is 9.59 Å². The summed E-state index contributed by atoms with van der Waals surface area (Å²) < 4.78 is 40.1. The molecule has 10 heteroatoms. The van der Waals surface area contributed by atoms with Gasteiger partial charge in [0, 0.05) is 28.2 Å². The number of halogens is 3. The van der Waals surface area contributed by atoms with Gasteiger partial charge < -0.3 is 25.8 Å². The van der Waals surface area contributed by atoms with Crippen molar-refractivity contribution in [3.8, 4) is 5.75 Å². The van der Waals surface area contributed by atoms with E-state index in [0.29, 0.717) is 31.1 Å². The molecule has 47 heavy (non-hydrogen) atoms. The number of nitrogens with zero attached hydrogens (tertiary/aromatic N) is 1. The largest absolute Gasteiger partial charge is 0.490 e. The quantitative estimate of drug-likeness (QED) is 0.186. The van der Waals surface area contributed by atoms with Gasteiger partial charge in [0.05, 0.1) is 6.10 Å². The second-order valence-corrected chi connectivity index (χ2v) is 14.2. The average molecular weight is 707 g/mol. The molecule has 246 valence electrons. The van der Waals surface area contributed by atoms with E-state index in [-0.39, 0.29) is 29.8 Å². The number of aliphatic hydroxyl groups is 1. The highest BCUT2D eigenvalue weighted by atomic mass is 79.9. The number of carbonyl (C=O) groups is 2. The van der Waals surface area contributed by atoms with Crippen molar-refractivity contribution >= 4 is 49.3 Å². The Kier molecular flexibility index (Phi) is 8.70. The first kappa shape index (κ1) is 32.0. The van der Waals surface area contributed by atoms with E-state index in [9.17, 15) is 14.7 Å². The average Bonchev–Trinajstić information content (AvgIpc) is 3.67. The number of carbonyl (C=O) groups excluding carboxylic acids is 2. The number of hydrogen-bond acceptors (Lipinski definition) is 5. The number of benzene rings is 4. The molecule has 7 nitrogen and oxygen atoms in total. The van der Waals surface area contributed by atoms with Gasteiger partial charge in [-0.2, -0.15) is 8.78 Å². The molecule has 7 rings (SSSR count). The van der Waals surface area contributed by atoms with Gasteiger partial charge in [-0.1, -0.05) is 52.3 Å². The van der Waals surface area contributed by atoms with Crippen molar-refractivity contribution in [2.45, 2.75) is 93.7 Å². The van der Waals surface area contributed by atoms with Crippen LogP contribution in [0.15, 0.2) is 77.3 Å². The van der Waals surface area contributed by atoms with Crippen LogP contribution in [0.3, 0.4) is 0 Å². The van der Waals surface area contributed by atoms with E-state index in [1.54, 1.807) is 36.4 Å². The van der Waals surface area contributed by atoms with Crippen molar-refractivity contribution in [1.82, 2.24) is 10.2 Å². The lowest BCUT2D eigenvalue weighted by molar-refractivity contribution is -0.155. The second kappa shape index (κ2) is 12.8. The maximum atomic E-state index is 16.6. The third-order valence-electron chi connectivity index (χ3n) is 10.1. The van der Waals surface area contributed by atoms with Crippen molar-refractivity contribution in [2.24, 2.45) is 5.73 Å². The zero-order valence-corrected chi connectivity index (χ0v) is 27.5. The van der Waals surface area contributed by atoms with Crippen LogP contribution in [0.4, 0.5) is 8.78 Å². The summed E-state index contributed by atoms with van der Waals surface area (Å²) in [5, 5.41) is 16.4. The molecule has 2 bridgehead atoms. The second-order valence-electron chi connectivity index (χ2n) is 13.3. The number of aliphatic hydroxyl groups excluding tert-OH is 1. The molecule has 4 unspecified atom stereocenters. The van der Waals surface area contributed by atoms with Crippen molar-refractivity contribution in [3.63, 3.8) is 0 Å². The summed E-state index contributed by atoms with van der Waals surface area (Å²) >= 11 is 3.41. The van der Waals surface area contributed by atoms with Gasteiger partial charge in [0.25, 0.3) is 11.8 Å². The number of piperidine rings is 1. The molecule has 0 radical (unpaired) electrons. The Bertz CT molecular complexity index is 1820. The number of ether oxygens (including phenoxy) is 1. The third-order valence-corrected chi connectivity index (χ3v) is 10.6. The summed E-state index contributed by atoms with van der Waals surface area (Å²) in [6.07, 6.45) is 5.21. The molecular formula is C37H38BrF2N3O4. The fraction of sp³-hybridized carbons (Fsp3) is 0.405. The molecule has 3 aliphatic rings. The summed E-state index contributed by atoms with van der Waals surface area (Å²) in [5.41, 5.74) is 6.03. The summed E-state index contributed by atoms with van der Waals surface area (Å²) in [4.78, 5) is 29.2. The van der Waals surface area contributed by atoms with Crippen molar-refractivity contribution in [1.29, 1.82) is 0 Å². The van der Waals surface area contributed by atoms with E-state index in [1.165, 1.54) is 17.0 Å². The number of fused-ring (bicyclic) bond motifs is 4. The Balaban J connectivity index is 1.17. The molecule has 2 aliphatic heterocycles. The number of nitrogens with two attached hydrogens (primary N) is 1. The molecule has 4 aromatic rings. The van der Waals surface area contributed by atoms with Crippen LogP contribution in [0.5, 0.6) is 5.75 Å². The Morgan fingerprint density at radius 2 is 1.49 bits per heavy atom. The third kappa shape index (κ3) is 6.35. The Morgan fingerprint density at radius 3 is 2.23 bits per heavy atom. The normalized spacial score (nSPS) is 22.8. The lowest BCUT2D eigenvalue weighted by atomic mass is 9.93. The lowest BCUT2D eigenvalue weighted by Gasteiger charge is -2.41. The number of hydrogen-bond donors (Lipinski definition) is 3. The molecule has 4 atom stereocenters. The molecule has 1 saturated carbocycles. The van der Waals surface area contributed by atoms with E-state index < -0.39 is 35.4 Å². The fourth-order valence-corrected chi connectivity index (χ4v) is 8.06. The van der Waals surface area contributed by atoms with Gasteiger partial charge in [0.1, 0.15) is 5.75 Å². The minimum absolute atomic E-state index is 0.106. The van der Waals surface area contributed by atoms with Crippen LogP contribution in [0.1, 0.15) is 68.6 Å². The maximum absolute atomic E-state index is 16.6. The van der Waals surface area contributed by atoms with Crippen LogP contribution in [0.25, 0.3) is 21.5 Å². The van der Waals surface area contributed by atoms with E-state index >= 15 is 8.78 Å². The highest BCUT2D eigenvalue weighted by molar-refractivity contribution is 9.10. The lowest BCUT2D eigenvalue weighted by Crippen LogP contribution is -2.61. The predicted molar refractivity (Wildman–Crippen MR) is 180 cm³/mol. The van der Waals surface area contributed by atoms with Crippen molar-refractivity contribution in [2.75, 3.05) is 0 Å². The van der Waals surface area contributed by atoms with E-state index in [0.717, 1.165) is 52.1 Å². The Morgan fingerprint density at radius 1 is 0.872 bits per heavy atom. The van der Waals surface area contributed by atoms with E-state index in [2.05, 4.69) is 21.2 Å². The highest BCUT2D eigenvalue weighted by Gasteiger charge is 2.53. The van der Waals surface area contributed by atoms with Crippen LogP contribution in [-0.4, -0.2) is 52.1 Å². The molecule has 0 aromatic heterocycles. The van der Waals surface area contributed by atoms with Gasteiger partial charge in [0.15, 0.2) is 12.1 Å². The van der Waals surface area contributed by atoms with Gasteiger partial charge in [-0.15, -0.1) is 0 Å². The molecule has 2 saturated heterocycles. The van der Waals surface area contributed by atoms with Crippen LogP contribution < -0.4 is 15.8 Å². The number of alkyl halides is 2. The molecule has 0 spiro atoms. The van der Waals surface area contributed by atoms with Gasteiger partial charge >= 0.3 is 5.92 Å². The fourth-order valence-electron chi connectivity index (χ4n) is 7.68. The number of amides is 2. The van der Waals surface area contributed by atoms with Crippen LogP contribution in [0, 0.1) is 0 Å². The molecule has 3 fully saturated rings. The number of rotatable bonds is 8. The highest BCUT2D eigenvalue weighted by Crippen LogP contribution is 2.40. The van der Waals surface area contributed by atoms with Gasteiger partial charge in [-0.25, -0.2) is 0 Å². The van der Waals surface area contributed by atoms with Crippen molar-refractivity contribution in [3.05, 3.63) is 88.4 Å². The first-order chi connectivity index (χ1) is 22.6. The topological polar surface area (TPSA) is 105 Å². The SMILES string of the molecule is NC1CC2CCC(C1)N2C(=O)C(NC(=O)C(O)c1ccc2cc(OC3CCCC3)ccc2c1)C(F)(F)c1ccc2cc(Br)ccc2c1. The molecule has 2 heterocycles. The van der Waals surface area contributed by atoms with E-state index in [4.69, 9.17) is 10.5 Å². The summed E-state index contributed by atoms with van der Waals surface area (Å²) in [6.45, 7) is 0. The smallest absolute Gasteiger partial charge is 0.302 e. The minimum atomic E-state index is -3.79. The van der Waals surface area contributed by atoms with Crippen LogP contribution in [-0.2, 0) is 15.5 Å². The first-order valence-corrected chi connectivity index (χ1v) is 17.2. The van der Waals surface area contributed by atoms with E-state index in [1.807, 2.05) is 24.3 Å². The molecular weight excluding hydrogens is 668 g/mol. The minimum Gasteiger partial charge on any atom is -0.490 e. The first-order valence-electron chi connectivity index (χ1n) is 16.4. The zero-order valence-electron chi connectivity index (χ0n) is 25.9. The maximum Gasteiger partial charge on any atom is 0.302 e. The monoisotopic (exact) mass is 705 g/mol.